The molecule has 282 valence electrons. The van der Waals surface area contributed by atoms with Crippen LogP contribution in [0.5, 0.6) is 0 Å². The van der Waals surface area contributed by atoms with Crippen molar-refractivity contribution in [3.8, 4) is 0 Å². The number of aliphatic hydroxyl groups excluding tert-OH is 1. The highest BCUT2D eigenvalue weighted by atomic mass is 16.5. The minimum absolute atomic E-state index is 0.0291. The molecule has 4 rings (SSSR count). The highest BCUT2D eigenvalue weighted by molar-refractivity contribution is 5.69. The van der Waals surface area contributed by atoms with Crippen molar-refractivity contribution < 1.29 is 14.6 Å². The molecule has 0 aromatic heterocycles. The van der Waals surface area contributed by atoms with E-state index in [2.05, 4.69) is 66.7 Å². The Labute approximate surface area is 304 Å². The maximum atomic E-state index is 12.8. The SMILES string of the molecule is CCCCCC[C@@H](O)C/C=C\CCCCCCCC(=O)O[C@H]1CC[C@@]2(C)C(=CC[C@H]3[C@@H]4CC[C@H]([C@H](C)CC[C@@H](C)C(C)C)[C@@]4(C)CC[C@@H]32)C1. The maximum absolute atomic E-state index is 12.8. The fraction of sp³-hybridized carbons (Fsp3) is 0.891. The summed E-state index contributed by atoms with van der Waals surface area (Å²) in [5.74, 6) is 5.99. The number of rotatable bonds is 21. The molecule has 3 saturated carbocycles. The quantitative estimate of drug-likeness (QED) is 0.0745. The van der Waals surface area contributed by atoms with Gasteiger partial charge < -0.3 is 9.84 Å². The fourth-order valence-corrected chi connectivity index (χ4v) is 11.4. The molecule has 0 aliphatic heterocycles. The molecule has 49 heavy (non-hydrogen) atoms. The van der Waals surface area contributed by atoms with Crippen molar-refractivity contribution in [3.05, 3.63) is 23.8 Å². The highest BCUT2D eigenvalue weighted by Crippen LogP contribution is 2.67. The van der Waals surface area contributed by atoms with Gasteiger partial charge >= 0.3 is 5.97 Å². The number of unbranched alkanes of at least 4 members (excludes halogenated alkanes) is 8. The van der Waals surface area contributed by atoms with Gasteiger partial charge in [-0.05, 0) is 129 Å². The molecule has 0 saturated heterocycles. The van der Waals surface area contributed by atoms with E-state index >= 15 is 0 Å². The van der Waals surface area contributed by atoms with E-state index < -0.39 is 0 Å². The number of hydrogen-bond donors (Lipinski definition) is 1. The topological polar surface area (TPSA) is 46.5 Å². The zero-order valence-electron chi connectivity index (χ0n) is 33.5. The van der Waals surface area contributed by atoms with Crippen LogP contribution in [0.2, 0.25) is 0 Å². The van der Waals surface area contributed by atoms with Gasteiger partial charge in [0, 0.05) is 12.8 Å². The summed E-state index contributed by atoms with van der Waals surface area (Å²) in [6.07, 6.45) is 34.0. The van der Waals surface area contributed by atoms with Crippen LogP contribution in [0.3, 0.4) is 0 Å². The molecule has 0 heterocycles. The van der Waals surface area contributed by atoms with E-state index in [4.69, 9.17) is 4.74 Å². The van der Waals surface area contributed by atoms with Crippen molar-refractivity contribution in [2.24, 2.45) is 52.3 Å². The van der Waals surface area contributed by atoms with Gasteiger partial charge in [0.05, 0.1) is 6.10 Å². The minimum Gasteiger partial charge on any atom is -0.462 e. The summed E-state index contributed by atoms with van der Waals surface area (Å²) in [6, 6.07) is 0. The summed E-state index contributed by atoms with van der Waals surface area (Å²) < 4.78 is 6.12. The van der Waals surface area contributed by atoms with Gasteiger partial charge in [-0.3, -0.25) is 4.79 Å². The van der Waals surface area contributed by atoms with Crippen molar-refractivity contribution in [1.82, 2.24) is 0 Å². The molecule has 0 amide bonds. The standard InChI is InChI=1S/C46H80O3/c1-8-9-10-17-20-38(47)21-18-15-13-11-12-14-16-19-22-44(48)49-39-29-31-45(6)37(33-39)25-26-40-42-28-27-41(46(42,7)32-30-43(40)45)36(5)24-23-35(4)34(2)3/h15,18,25,34-36,38-43,47H,8-14,16-17,19-24,26-33H2,1-7H3/b18-15-/t35-,36-,38-,39+,40+,41-,42+,43+,45+,46-/m1/s1. The van der Waals surface area contributed by atoms with Crippen molar-refractivity contribution in [3.63, 3.8) is 0 Å². The van der Waals surface area contributed by atoms with E-state index in [1.807, 2.05) is 0 Å². The summed E-state index contributed by atoms with van der Waals surface area (Å²) in [4.78, 5) is 12.8. The average molecular weight is 681 g/mol. The monoisotopic (exact) mass is 681 g/mol. The first-order valence-corrected chi connectivity index (χ1v) is 21.7. The zero-order valence-corrected chi connectivity index (χ0v) is 33.5. The first kappa shape index (κ1) is 40.7. The second-order valence-corrected chi connectivity index (χ2v) is 18.6. The van der Waals surface area contributed by atoms with Crippen LogP contribution >= 0.6 is 0 Å². The van der Waals surface area contributed by atoms with Crippen LogP contribution in [-0.4, -0.2) is 23.3 Å². The number of aliphatic hydroxyl groups is 1. The molecule has 1 N–H and O–H groups in total. The van der Waals surface area contributed by atoms with Gasteiger partial charge in [0.25, 0.3) is 0 Å². The van der Waals surface area contributed by atoms with E-state index in [-0.39, 0.29) is 18.2 Å². The van der Waals surface area contributed by atoms with Gasteiger partial charge in [-0.1, -0.05) is 130 Å². The van der Waals surface area contributed by atoms with E-state index in [0.717, 1.165) is 92.8 Å². The smallest absolute Gasteiger partial charge is 0.306 e. The summed E-state index contributed by atoms with van der Waals surface area (Å²) in [5, 5.41) is 10.1. The highest BCUT2D eigenvalue weighted by Gasteiger charge is 2.59. The maximum Gasteiger partial charge on any atom is 0.306 e. The van der Waals surface area contributed by atoms with Gasteiger partial charge in [-0.2, -0.15) is 0 Å². The van der Waals surface area contributed by atoms with Gasteiger partial charge in [-0.15, -0.1) is 0 Å². The van der Waals surface area contributed by atoms with Crippen molar-refractivity contribution in [2.45, 2.75) is 208 Å². The molecule has 4 aliphatic carbocycles. The summed E-state index contributed by atoms with van der Waals surface area (Å²) >= 11 is 0. The number of esters is 1. The fourth-order valence-electron chi connectivity index (χ4n) is 11.4. The molecule has 3 fully saturated rings. The number of hydrogen-bond acceptors (Lipinski definition) is 3. The Morgan fingerprint density at radius 3 is 2.41 bits per heavy atom. The van der Waals surface area contributed by atoms with Gasteiger partial charge in [0.1, 0.15) is 6.10 Å². The summed E-state index contributed by atoms with van der Waals surface area (Å²) in [7, 11) is 0. The van der Waals surface area contributed by atoms with Crippen molar-refractivity contribution in [2.75, 3.05) is 0 Å². The number of carbonyl (C=O) groups is 1. The Bertz CT molecular complexity index is 1040. The van der Waals surface area contributed by atoms with Crippen molar-refractivity contribution in [1.29, 1.82) is 0 Å². The molecule has 0 aromatic carbocycles. The first-order valence-electron chi connectivity index (χ1n) is 21.7. The van der Waals surface area contributed by atoms with Crippen LogP contribution < -0.4 is 0 Å². The Hall–Kier alpha value is -1.09. The second kappa shape index (κ2) is 19.7. The lowest BCUT2D eigenvalue weighted by molar-refractivity contribution is -0.151. The van der Waals surface area contributed by atoms with E-state index in [0.29, 0.717) is 17.3 Å². The summed E-state index contributed by atoms with van der Waals surface area (Å²) in [6.45, 7) is 17.3. The Morgan fingerprint density at radius 2 is 1.63 bits per heavy atom. The molecule has 4 aliphatic rings. The first-order chi connectivity index (χ1) is 23.5. The average Bonchev–Trinajstić information content (AvgIpc) is 3.43. The molecule has 0 spiro atoms. The third-order valence-electron chi connectivity index (χ3n) is 15.0. The normalized spacial score (nSPS) is 33.1. The molecule has 0 unspecified atom stereocenters. The number of ether oxygens (including phenoxy) is 1. The van der Waals surface area contributed by atoms with Gasteiger partial charge in [0.2, 0.25) is 0 Å². The summed E-state index contributed by atoms with van der Waals surface area (Å²) in [5.41, 5.74) is 2.47. The number of carbonyl (C=O) groups excluding carboxylic acids is 1. The zero-order chi connectivity index (χ0) is 35.4. The Morgan fingerprint density at radius 1 is 0.878 bits per heavy atom. The van der Waals surface area contributed by atoms with Crippen LogP contribution in [0, 0.1) is 52.3 Å². The largest absolute Gasteiger partial charge is 0.462 e. The second-order valence-electron chi connectivity index (χ2n) is 18.6. The lowest BCUT2D eigenvalue weighted by Crippen LogP contribution is -2.51. The van der Waals surface area contributed by atoms with Gasteiger partial charge in [0.15, 0.2) is 0 Å². The Kier molecular flexibility index (Phi) is 16.3. The Balaban J connectivity index is 1.13. The van der Waals surface area contributed by atoms with Gasteiger partial charge in [-0.25, -0.2) is 0 Å². The molecule has 3 nitrogen and oxygen atoms in total. The number of fused-ring (bicyclic) bond motifs is 5. The molecular formula is C46H80O3. The lowest BCUT2D eigenvalue weighted by Gasteiger charge is -2.58. The number of allylic oxidation sites excluding steroid dienone is 2. The third kappa shape index (κ3) is 11.0. The van der Waals surface area contributed by atoms with Crippen LogP contribution in [0.4, 0.5) is 0 Å². The molecule has 0 radical (unpaired) electrons. The van der Waals surface area contributed by atoms with Crippen LogP contribution in [0.15, 0.2) is 23.8 Å². The van der Waals surface area contributed by atoms with E-state index in [1.165, 1.54) is 89.9 Å². The molecule has 3 heteroatoms. The van der Waals surface area contributed by atoms with Crippen LogP contribution in [0.25, 0.3) is 0 Å². The van der Waals surface area contributed by atoms with E-state index in [9.17, 15) is 9.90 Å². The predicted octanol–water partition coefficient (Wildman–Crippen LogP) is 13.2. The minimum atomic E-state index is -0.172. The van der Waals surface area contributed by atoms with Crippen LogP contribution in [0.1, 0.15) is 196 Å². The molecule has 0 bridgehead atoms. The predicted molar refractivity (Wildman–Crippen MR) is 208 cm³/mol. The molecule has 0 aromatic rings. The third-order valence-corrected chi connectivity index (χ3v) is 15.0. The van der Waals surface area contributed by atoms with Crippen molar-refractivity contribution >= 4 is 5.97 Å². The van der Waals surface area contributed by atoms with E-state index in [1.54, 1.807) is 5.57 Å². The molecular weight excluding hydrogens is 601 g/mol. The molecule has 10 atom stereocenters. The van der Waals surface area contributed by atoms with Crippen LogP contribution in [-0.2, 0) is 9.53 Å². The lowest BCUT2D eigenvalue weighted by atomic mass is 9.47.